The second-order valence-electron chi connectivity index (χ2n) is 3.68. The Labute approximate surface area is 103 Å². The molecule has 1 aliphatic rings. The lowest BCUT2D eigenvalue weighted by Crippen LogP contribution is -2.33. The zero-order valence-electron chi connectivity index (χ0n) is 9.61. The number of rotatable bonds is 3. The second-order valence-corrected chi connectivity index (χ2v) is 3.68. The average Bonchev–Trinajstić information content (AvgIpc) is 2.78. The van der Waals surface area contributed by atoms with Gasteiger partial charge in [0.2, 0.25) is 5.91 Å². The average molecular weight is 249 g/mol. The molecule has 0 bridgehead atoms. The number of hydrogen-bond donors (Lipinski definition) is 1. The van der Waals surface area contributed by atoms with Gasteiger partial charge in [-0.2, -0.15) is 5.12 Å². The minimum absolute atomic E-state index is 0.0239. The summed E-state index contributed by atoms with van der Waals surface area (Å²) in [7, 11) is 0. The van der Waals surface area contributed by atoms with Crippen LogP contribution in [-0.2, 0) is 4.79 Å². The van der Waals surface area contributed by atoms with Gasteiger partial charge in [-0.15, -0.1) is 5.10 Å². The third kappa shape index (κ3) is 2.54. The summed E-state index contributed by atoms with van der Waals surface area (Å²) in [6.07, 6.45) is 1.42. The first kappa shape index (κ1) is 11.8. The molecule has 94 valence electrons. The molecule has 1 heterocycles. The highest BCUT2D eigenvalue weighted by Crippen LogP contribution is 2.16. The van der Waals surface area contributed by atoms with Gasteiger partial charge in [-0.25, -0.2) is 0 Å². The standard InChI is InChI=1S/C10H11N5O3/c1-8(16)13-6-11-14(7-13)12-9-2-4-10(5-3-9)15(17)18/h2-6,12H,7H2,1H3. The van der Waals surface area contributed by atoms with Crippen molar-refractivity contribution in [2.24, 2.45) is 5.10 Å². The molecule has 0 fully saturated rings. The van der Waals surface area contributed by atoms with Crippen LogP contribution in [0.3, 0.4) is 0 Å². The Morgan fingerprint density at radius 1 is 1.44 bits per heavy atom. The summed E-state index contributed by atoms with van der Waals surface area (Å²) in [6, 6.07) is 5.93. The molecule has 1 N–H and O–H groups in total. The van der Waals surface area contributed by atoms with Crippen LogP contribution in [0.4, 0.5) is 11.4 Å². The van der Waals surface area contributed by atoms with Gasteiger partial charge in [0.15, 0.2) is 0 Å². The van der Waals surface area contributed by atoms with E-state index in [1.165, 1.54) is 35.4 Å². The lowest BCUT2D eigenvalue weighted by molar-refractivity contribution is -0.384. The first-order valence-electron chi connectivity index (χ1n) is 5.16. The molecule has 2 rings (SSSR count). The molecule has 0 spiro atoms. The Balaban J connectivity index is 1.97. The van der Waals surface area contributed by atoms with Crippen molar-refractivity contribution in [3.8, 4) is 0 Å². The first-order valence-corrected chi connectivity index (χ1v) is 5.16. The second kappa shape index (κ2) is 4.70. The number of carbonyl (C=O) groups is 1. The molecular weight excluding hydrogens is 238 g/mol. The van der Waals surface area contributed by atoms with Crippen LogP contribution in [0.5, 0.6) is 0 Å². The molecule has 0 unspecified atom stereocenters. The number of nitrogens with zero attached hydrogens (tertiary/aromatic N) is 4. The molecule has 0 aromatic heterocycles. The third-order valence-corrected chi connectivity index (χ3v) is 2.36. The van der Waals surface area contributed by atoms with Crippen molar-refractivity contribution >= 4 is 23.6 Å². The van der Waals surface area contributed by atoms with E-state index in [0.29, 0.717) is 12.4 Å². The van der Waals surface area contributed by atoms with Gasteiger partial charge in [-0.05, 0) is 12.1 Å². The smallest absolute Gasteiger partial charge is 0.269 e. The zero-order chi connectivity index (χ0) is 13.1. The predicted molar refractivity (Wildman–Crippen MR) is 64.4 cm³/mol. The summed E-state index contributed by atoms with van der Waals surface area (Å²) in [4.78, 5) is 22.5. The van der Waals surface area contributed by atoms with Crippen molar-refractivity contribution in [1.82, 2.24) is 10.0 Å². The molecule has 0 atom stereocenters. The number of carbonyl (C=O) groups excluding carboxylic acids is 1. The van der Waals surface area contributed by atoms with Crippen LogP contribution in [0, 0.1) is 10.1 Å². The Bertz CT molecular complexity index is 499. The molecule has 8 nitrogen and oxygen atoms in total. The van der Waals surface area contributed by atoms with Crippen LogP contribution in [0.25, 0.3) is 0 Å². The van der Waals surface area contributed by atoms with Crippen LogP contribution < -0.4 is 5.43 Å². The number of hydrogen-bond acceptors (Lipinski definition) is 6. The molecule has 0 radical (unpaired) electrons. The molecule has 1 aromatic rings. The van der Waals surface area contributed by atoms with Crippen molar-refractivity contribution in [2.75, 3.05) is 12.1 Å². The van der Waals surface area contributed by atoms with Gasteiger partial charge in [0.05, 0.1) is 10.6 Å². The molecule has 1 aliphatic heterocycles. The molecule has 1 aromatic carbocycles. The minimum Gasteiger partial charge on any atom is -0.281 e. The maximum atomic E-state index is 11.1. The van der Waals surface area contributed by atoms with Gasteiger partial charge in [0.1, 0.15) is 13.0 Å². The van der Waals surface area contributed by atoms with Crippen molar-refractivity contribution in [1.29, 1.82) is 0 Å². The van der Waals surface area contributed by atoms with E-state index in [0.717, 1.165) is 0 Å². The Morgan fingerprint density at radius 3 is 2.61 bits per heavy atom. The molecule has 0 saturated carbocycles. The SMILES string of the molecule is CC(=O)N1C=NN(Nc2ccc([N+](=O)[O-])cc2)C1. The molecular formula is C10H11N5O3. The van der Waals surface area contributed by atoms with Gasteiger partial charge in [-0.3, -0.25) is 25.2 Å². The predicted octanol–water partition coefficient (Wildman–Crippen LogP) is 0.987. The van der Waals surface area contributed by atoms with Crippen molar-refractivity contribution in [3.63, 3.8) is 0 Å². The van der Waals surface area contributed by atoms with Crippen LogP contribution in [0.2, 0.25) is 0 Å². The van der Waals surface area contributed by atoms with Crippen molar-refractivity contribution in [3.05, 3.63) is 34.4 Å². The van der Waals surface area contributed by atoms with Gasteiger partial charge in [0, 0.05) is 19.1 Å². The Morgan fingerprint density at radius 2 is 2.11 bits per heavy atom. The maximum absolute atomic E-state index is 11.1. The molecule has 0 aliphatic carbocycles. The van der Waals surface area contributed by atoms with Crippen LogP contribution >= 0.6 is 0 Å². The molecule has 8 heteroatoms. The van der Waals surface area contributed by atoms with E-state index in [9.17, 15) is 14.9 Å². The summed E-state index contributed by atoms with van der Waals surface area (Å²) in [6.45, 7) is 1.74. The topological polar surface area (TPSA) is 91.1 Å². The number of non-ortho nitro benzene ring substituents is 1. The van der Waals surface area contributed by atoms with E-state index in [4.69, 9.17) is 0 Å². The third-order valence-electron chi connectivity index (χ3n) is 2.36. The van der Waals surface area contributed by atoms with E-state index in [1.54, 1.807) is 12.1 Å². The molecule has 1 amide bonds. The highest BCUT2D eigenvalue weighted by atomic mass is 16.6. The van der Waals surface area contributed by atoms with Crippen molar-refractivity contribution in [2.45, 2.75) is 6.92 Å². The lowest BCUT2D eigenvalue weighted by atomic mass is 10.3. The number of nitro groups is 1. The number of hydrazine groups is 1. The Hall–Kier alpha value is -2.64. The normalized spacial score (nSPS) is 13.8. The fraction of sp³-hybridized carbons (Fsp3) is 0.200. The lowest BCUT2D eigenvalue weighted by Gasteiger charge is -2.18. The molecule has 18 heavy (non-hydrogen) atoms. The Kier molecular flexibility index (Phi) is 3.09. The van der Waals surface area contributed by atoms with Crippen LogP contribution in [0.15, 0.2) is 29.4 Å². The summed E-state index contributed by atoms with van der Waals surface area (Å²) in [5.41, 5.74) is 3.59. The van der Waals surface area contributed by atoms with Gasteiger partial charge < -0.3 is 0 Å². The summed E-state index contributed by atoms with van der Waals surface area (Å²) in [5, 5.41) is 15.9. The summed E-state index contributed by atoms with van der Waals surface area (Å²) >= 11 is 0. The minimum atomic E-state index is -0.463. The van der Waals surface area contributed by atoms with Crippen LogP contribution in [-0.4, -0.2) is 33.9 Å². The highest BCUT2D eigenvalue weighted by Gasteiger charge is 2.16. The number of nitro benzene ring substituents is 1. The largest absolute Gasteiger partial charge is 0.281 e. The fourth-order valence-electron chi connectivity index (χ4n) is 1.39. The quantitative estimate of drug-likeness (QED) is 0.637. The zero-order valence-corrected chi connectivity index (χ0v) is 9.61. The number of anilines is 1. The van der Waals surface area contributed by atoms with Crippen molar-refractivity contribution < 1.29 is 9.72 Å². The number of benzene rings is 1. The van der Waals surface area contributed by atoms with Gasteiger partial charge >= 0.3 is 0 Å². The van der Waals surface area contributed by atoms with E-state index >= 15 is 0 Å². The van der Waals surface area contributed by atoms with E-state index < -0.39 is 4.92 Å². The number of amides is 1. The van der Waals surface area contributed by atoms with E-state index in [2.05, 4.69) is 10.5 Å². The summed E-state index contributed by atoms with van der Waals surface area (Å²) in [5.74, 6) is -0.105. The molecule has 0 saturated heterocycles. The first-order chi connectivity index (χ1) is 8.56. The fourth-order valence-corrected chi connectivity index (χ4v) is 1.39. The van der Waals surface area contributed by atoms with E-state index in [-0.39, 0.29) is 11.6 Å². The van der Waals surface area contributed by atoms with Gasteiger partial charge in [0.25, 0.3) is 5.69 Å². The number of hydrazone groups is 1. The highest BCUT2D eigenvalue weighted by molar-refractivity contribution is 5.86. The van der Waals surface area contributed by atoms with Crippen LogP contribution in [0.1, 0.15) is 6.92 Å². The van der Waals surface area contributed by atoms with E-state index in [1.807, 2.05) is 0 Å². The number of nitrogens with one attached hydrogen (secondary N) is 1. The maximum Gasteiger partial charge on any atom is 0.269 e. The summed E-state index contributed by atoms with van der Waals surface area (Å²) < 4.78 is 0. The van der Waals surface area contributed by atoms with Gasteiger partial charge in [-0.1, -0.05) is 0 Å². The monoisotopic (exact) mass is 249 g/mol.